The molecule has 21 heavy (non-hydrogen) atoms. The second kappa shape index (κ2) is 6.30. The monoisotopic (exact) mass is 408 g/mol. The van der Waals surface area contributed by atoms with Crippen LogP contribution < -0.4 is 5.32 Å². The molecule has 2 aromatic carbocycles. The first-order valence-corrected chi connectivity index (χ1v) is 8.11. The Morgan fingerprint density at radius 1 is 1.14 bits per heavy atom. The smallest absolute Gasteiger partial charge is 0.0702 e. The van der Waals surface area contributed by atoms with Gasteiger partial charge in [0.05, 0.1) is 11.6 Å². The van der Waals surface area contributed by atoms with E-state index in [1.54, 1.807) is 0 Å². The Hall–Kier alpha value is -1.17. The third-order valence-electron chi connectivity index (χ3n) is 3.52. The van der Waals surface area contributed by atoms with Gasteiger partial charge in [-0.15, -0.1) is 0 Å². The zero-order valence-electron chi connectivity index (χ0n) is 11.5. The number of pyridine rings is 1. The summed E-state index contributed by atoms with van der Waals surface area (Å²) in [6.45, 7) is 0. The van der Waals surface area contributed by atoms with Crippen LogP contribution in [0, 0.1) is 3.57 Å². The van der Waals surface area contributed by atoms with Crippen LogP contribution in [-0.4, -0.2) is 12.0 Å². The molecule has 1 N–H and O–H groups in total. The van der Waals surface area contributed by atoms with Crippen molar-refractivity contribution in [3.63, 3.8) is 0 Å². The van der Waals surface area contributed by atoms with Crippen LogP contribution in [0.3, 0.4) is 0 Å². The van der Waals surface area contributed by atoms with Crippen molar-refractivity contribution < 1.29 is 0 Å². The molecule has 0 radical (unpaired) electrons. The summed E-state index contributed by atoms with van der Waals surface area (Å²) in [4.78, 5) is 4.37. The first-order chi connectivity index (χ1) is 10.2. The van der Waals surface area contributed by atoms with Gasteiger partial charge in [0.2, 0.25) is 0 Å². The molecule has 4 heteroatoms. The highest BCUT2D eigenvalue weighted by molar-refractivity contribution is 14.1. The van der Waals surface area contributed by atoms with Crippen LogP contribution in [0.2, 0.25) is 5.02 Å². The average Bonchev–Trinajstić information content (AvgIpc) is 2.51. The summed E-state index contributed by atoms with van der Waals surface area (Å²) in [5, 5.41) is 5.29. The molecule has 3 aromatic rings. The number of hydrogen-bond acceptors (Lipinski definition) is 2. The zero-order chi connectivity index (χ0) is 14.8. The number of fused-ring (bicyclic) bond motifs is 1. The van der Waals surface area contributed by atoms with Gasteiger partial charge in [-0.25, -0.2) is 0 Å². The Morgan fingerprint density at radius 3 is 2.81 bits per heavy atom. The molecular weight excluding hydrogens is 395 g/mol. The van der Waals surface area contributed by atoms with Crippen LogP contribution >= 0.6 is 34.2 Å². The maximum absolute atomic E-state index is 6.16. The molecule has 1 unspecified atom stereocenters. The van der Waals surface area contributed by atoms with E-state index in [4.69, 9.17) is 11.6 Å². The number of aromatic nitrogens is 1. The summed E-state index contributed by atoms with van der Waals surface area (Å²) in [7, 11) is 1.97. The second-order valence-electron chi connectivity index (χ2n) is 4.84. The van der Waals surface area contributed by atoms with Gasteiger partial charge in [-0.2, -0.15) is 0 Å². The van der Waals surface area contributed by atoms with E-state index in [1.165, 1.54) is 14.7 Å². The summed E-state index contributed by atoms with van der Waals surface area (Å²) in [5.74, 6) is 0. The third-order valence-corrected chi connectivity index (χ3v) is 4.74. The highest BCUT2D eigenvalue weighted by Crippen LogP contribution is 2.29. The minimum atomic E-state index is 0.111. The molecule has 0 aliphatic rings. The van der Waals surface area contributed by atoms with E-state index in [2.05, 4.69) is 57.2 Å². The quantitative estimate of drug-likeness (QED) is 0.630. The molecule has 0 spiro atoms. The van der Waals surface area contributed by atoms with E-state index in [-0.39, 0.29) is 6.04 Å². The molecule has 0 bridgehead atoms. The lowest BCUT2D eigenvalue weighted by molar-refractivity contribution is 0.689. The Morgan fingerprint density at radius 2 is 2.00 bits per heavy atom. The average molecular weight is 409 g/mol. The van der Waals surface area contributed by atoms with Crippen molar-refractivity contribution in [1.82, 2.24) is 10.3 Å². The number of rotatable bonds is 3. The fourth-order valence-corrected chi connectivity index (χ4v) is 3.34. The molecule has 106 valence electrons. The van der Waals surface area contributed by atoms with Crippen LogP contribution in [0.5, 0.6) is 0 Å². The third kappa shape index (κ3) is 3.05. The van der Waals surface area contributed by atoms with Crippen molar-refractivity contribution in [2.24, 2.45) is 0 Å². The zero-order valence-corrected chi connectivity index (χ0v) is 14.4. The number of nitrogens with one attached hydrogen (secondary N) is 1. The van der Waals surface area contributed by atoms with Crippen molar-refractivity contribution >= 4 is 45.1 Å². The molecular formula is C17H14ClIN2. The predicted octanol–water partition coefficient (Wildman–Crippen LogP) is 4.80. The Bertz CT molecular complexity index is 789. The molecule has 0 saturated carbocycles. The minimum absolute atomic E-state index is 0.111. The Labute approximate surface area is 142 Å². The van der Waals surface area contributed by atoms with Crippen LogP contribution in [0.4, 0.5) is 0 Å². The standard InChI is InChI=1S/C17H14ClIN2/c1-20-17(14-10-13(18)5-6-15(14)19)12-4-7-16-11(9-12)3-2-8-21-16/h2-10,17,20H,1H3. The van der Waals surface area contributed by atoms with E-state index < -0.39 is 0 Å². The minimum Gasteiger partial charge on any atom is -0.309 e. The summed E-state index contributed by atoms with van der Waals surface area (Å²) in [6, 6.07) is 16.5. The van der Waals surface area contributed by atoms with E-state index in [9.17, 15) is 0 Å². The van der Waals surface area contributed by atoms with E-state index in [0.717, 1.165) is 15.9 Å². The fourth-order valence-electron chi connectivity index (χ4n) is 2.51. The predicted molar refractivity (Wildman–Crippen MR) is 96.8 cm³/mol. The lowest BCUT2D eigenvalue weighted by Crippen LogP contribution is -2.18. The molecule has 0 fully saturated rings. The maximum atomic E-state index is 6.16. The van der Waals surface area contributed by atoms with Gasteiger partial charge in [0.15, 0.2) is 0 Å². The topological polar surface area (TPSA) is 24.9 Å². The van der Waals surface area contributed by atoms with E-state index in [0.29, 0.717) is 0 Å². The molecule has 1 atom stereocenters. The molecule has 0 aliphatic carbocycles. The highest BCUT2D eigenvalue weighted by atomic mass is 127. The van der Waals surface area contributed by atoms with Crippen molar-refractivity contribution in [3.8, 4) is 0 Å². The number of halogens is 2. The van der Waals surface area contributed by atoms with Crippen LogP contribution in [0.15, 0.2) is 54.7 Å². The van der Waals surface area contributed by atoms with Gasteiger partial charge < -0.3 is 5.32 Å². The normalized spacial score (nSPS) is 12.5. The van der Waals surface area contributed by atoms with Crippen LogP contribution in [-0.2, 0) is 0 Å². The first kappa shape index (κ1) is 14.8. The molecule has 0 saturated heterocycles. The van der Waals surface area contributed by atoms with Crippen molar-refractivity contribution in [1.29, 1.82) is 0 Å². The summed E-state index contributed by atoms with van der Waals surface area (Å²) < 4.78 is 1.20. The number of benzene rings is 2. The van der Waals surface area contributed by atoms with Gasteiger partial charge in [0, 0.05) is 20.2 Å². The van der Waals surface area contributed by atoms with Crippen LogP contribution in [0.25, 0.3) is 10.9 Å². The summed E-state index contributed by atoms with van der Waals surface area (Å²) >= 11 is 8.51. The van der Waals surface area contributed by atoms with Gasteiger partial charge in [0.25, 0.3) is 0 Å². The van der Waals surface area contributed by atoms with E-state index in [1.807, 2.05) is 37.5 Å². The van der Waals surface area contributed by atoms with E-state index >= 15 is 0 Å². The second-order valence-corrected chi connectivity index (χ2v) is 6.44. The molecule has 0 amide bonds. The van der Waals surface area contributed by atoms with Crippen molar-refractivity contribution in [3.05, 3.63) is 74.4 Å². The molecule has 0 aliphatic heterocycles. The largest absolute Gasteiger partial charge is 0.309 e. The SMILES string of the molecule is CNC(c1ccc2ncccc2c1)c1cc(Cl)ccc1I. The van der Waals surface area contributed by atoms with Crippen LogP contribution in [0.1, 0.15) is 17.2 Å². The van der Waals surface area contributed by atoms with Crippen molar-refractivity contribution in [2.45, 2.75) is 6.04 Å². The molecule has 3 rings (SSSR count). The van der Waals surface area contributed by atoms with Crippen molar-refractivity contribution in [2.75, 3.05) is 7.05 Å². The van der Waals surface area contributed by atoms with Gasteiger partial charge in [-0.1, -0.05) is 23.7 Å². The lowest BCUT2D eigenvalue weighted by atomic mass is 9.97. The maximum Gasteiger partial charge on any atom is 0.0702 e. The van der Waals surface area contributed by atoms with Gasteiger partial charge in [-0.3, -0.25) is 4.98 Å². The van der Waals surface area contributed by atoms with Gasteiger partial charge in [0.1, 0.15) is 0 Å². The first-order valence-electron chi connectivity index (χ1n) is 6.66. The molecule has 2 nitrogen and oxygen atoms in total. The molecule has 1 aromatic heterocycles. The summed E-state index contributed by atoms with van der Waals surface area (Å²) in [5.41, 5.74) is 3.41. The Balaban J connectivity index is 2.11. The summed E-state index contributed by atoms with van der Waals surface area (Å²) in [6.07, 6.45) is 1.82. The lowest BCUT2D eigenvalue weighted by Gasteiger charge is -2.19. The Kier molecular flexibility index (Phi) is 4.42. The number of hydrogen-bond donors (Lipinski definition) is 1. The van der Waals surface area contributed by atoms with Gasteiger partial charge in [-0.05, 0) is 77.2 Å². The number of nitrogens with zero attached hydrogens (tertiary/aromatic N) is 1. The molecule has 1 heterocycles. The fraction of sp³-hybridized carbons (Fsp3) is 0.118. The highest BCUT2D eigenvalue weighted by Gasteiger charge is 2.15. The van der Waals surface area contributed by atoms with Gasteiger partial charge >= 0.3 is 0 Å².